The van der Waals surface area contributed by atoms with Crippen molar-refractivity contribution in [1.82, 2.24) is 4.90 Å². The van der Waals surface area contributed by atoms with E-state index < -0.39 is 0 Å². The Bertz CT molecular complexity index is 738. The van der Waals surface area contributed by atoms with Crippen LogP contribution in [0.25, 0.3) is 0 Å². The zero-order valence-electron chi connectivity index (χ0n) is 14.6. The zero-order valence-corrected chi connectivity index (χ0v) is 16.1. The number of hydrogen-bond donors (Lipinski definition) is 2. The molecule has 2 aromatic carbocycles. The second-order valence-corrected chi connectivity index (χ2v) is 7.15. The maximum atomic E-state index is 12.2. The van der Waals surface area contributed by atoms with Crippen LogP contribution in [0.15, 0.2) is 42.5 Å². The van der Waals surface area contributed by atoms with Gasteiger partial charge in [-0.2, -0.15) is 0 Å². The minimum absolute atomic E-state index is 0.0870. The van der Waals surface area contributed by atoms with E-state index in [-0.39, 0.29) is 12.5 Å². The maximum absolute atomic E-state index is 12.2. The third-order valence-electron chi connectivity index (χ3n) is 4.41. The fourth-order valence-electron chi connectivity index (χ4n) is 2.86. The van der Waals surface area contributed by atoms with E-state index in [4.69, 9.17) is 23.2 Å². The van der Waals surface area contributed by atoms with E-state index in [0.717, 1.165) is 31.9 Å². The van der Waals surface area contributed by atoms with Crippen LogP contribution in [0.1, 0.15) is 0 Å². The van der Waals surface area contributed by atoms with Crippen LogP contribution >= 0.6 is 23.2 Å². The SMILES string of the molecule is CN1CCN(c2ccc(NC(=O)CNc3c(Cl)cccc3Cl)cc2)CC1. The highest BCUT2D eigenvalue weighted by atomic mass is 35.5. The third kappa shape index (κ3) is 4.81. The molecular weight excluding hydrogens is 371 g/mol. The van der Waals surface area contributed by atoms with Gasteiger partial charge in [-0.3, -0.25) is 4.79 Å². The summed E-state index contributed by atoms with van der Waals surface area (Å²) in [7, 11) is 2.14. The van der Waals surface area contributed by atoms with E-state index in [0.29, 0.717) is 15.7 Å². The van der Waals surface area contributed by atoms with Gasteiger partial charge in [0.05, 0.1) is 22.3 Å². The molecule has 0 spiro atoms. The molecule has 0 saturated carbocycles. The number of rotatable bonds is 5. The Balaban J connectivity index is 1.53. The molecule has 1 saturated heterocycles. The molecule has 0 aliphatic carbocycles. The van der Waals surface area contributed by atoms with Crippen LogP contribution in [-0.4, -0.2) is 50.6 Å². The summed E-state index contributed by atoms with van der Waals surface area (Å²) in [6, 6.07) is 13.1. The number of amides is 1. The standard InChI is InChI=1S/C19H22Cl2N4O/c1-24-9-11-25(12-10-24)15-7-5-14(6-8-15)23-18(26)13-22-19-16(20)3-2-4-17(19)21/h2-8,22H,9-13H2,1H3,(H,23,26). The first kappa shape index (κ1) is 18.8. The molecule has 1 fully saturated rings. The van der Waals surface area contributed by atoms with Crippen LogP contribution in [0.4, 0.5) is 17.1 Å². The van der Waals surface area contributed by atoms with E-state index in [9.17, 15) is 4.79 Å². The van der Waals surface area contributed by atoms with Crippen LogP contribution in [0.3, 0.4) is 0 Å². The fraction of sp³-hybridized carbons (Fsp3) is 0.316. The van der Waals surface area contributed by atoms with Crippen LogP contribution in [0.2, 0.25) is 10.0 Å². The minimum Gasteiger partial charge on any atom is -0.374 e. The minimum atomic E-state index is -0.159. The number of para-hydroxylation sites is 1. The highest BCUT2D eigenvalue weighted by Crippen LogP contribution is 2.29. The van der Waals surface area contributed by atoms with Gasteiger partial charge >= 0.3 is 0 Å². The molecule has 0 atom stereocenters. The predicted molar refractivity (Wildman–Crippen MR) is 110 cm³/mol. The highest BCUT2D eigenvalue weighted by molar-refractivity contribution is 6.39. The van der Waals surface area contributed by atoms with Crippen LogP contribution < -0.4 is 15.5 Å². The van der Waals surface area contributed by atoms with Gasteiger partial charge in [0.2, 0.25) is 5.91 Å². The molecule has 26 heavy (non-hydrogen) atoms. The van der Waals surface area contributed by atoms with Gasteiger partial charge in [-0.25, -0.2) is 0 Å². The van der Waals surface area contributed by atoms with Crippen molar-refractivity contribution >= 4 is 46.2 Å². The molecule has 3 rings (SSSR count). The molecular formula is C19H22Cl2N4O. The lowest BCUT2D eigenvalue weighted by molar-refractivity contribution is -0.114. The number of carbonyl (C=O) groups excluding carboxylic acids is 1. The monoisotopic (exact) mass is 392 g/mol. The van der Waals surface area contributed by atoms with E-state index in [1.54, 1.807) is 18.2 Å². The van der Waals surface area contributed by atoms with Crippen molar-refractivity contribution in [1.29, 1.82) is 0 Å². The normalized spacial score (nSPS) is 15.0. The first-order chi connectivity index (χ1) is 12.5. The topological polar surface area (TPSA) is 47.6 Å². The third-order valence-corrected chi connectivity index (χ3v) is 5.04. The number of nitrogens with zero attached hydrogens (tertiary/aromatic N) is 2. The number of halogens is 2. The molecule has 0 bridgehead atoms. The maximum Gasteiger partial charge on any atom is 0.243 e. The second kappa shape index (κ2) is 8.62. The lowest BCUT2D eigenvalue weighted by Crippen LogP contribution is -2.44. The van der Waals surface area contributed by atoms with Crippen molar-refractivity contribution in [3.8, 4) is 0 Å². The second-order valence-electron chi connectivity index (χ2n) is 6.34. The van der Waals surface area contributed by atoms with Crippen LogP contribution in [-0.2, 0) is 4.79 Å². The summed E-state index contributed by atoms with van der Waals surface area (Å²) in [5, 5.41) is 6.83. The molecule has 2 aromatic rings. The van der Waals surface area contributed by atoms with Gasteiger partial charge in [0.15, 0.2) is 0 Å². The summed E-state index contributed by atoms with van der Waals surface area (Å²) >= 11 is 12.2. The fourth-order valence-corrected chi connectivity index (χ4v) is 3.39. The van der Waals surface area contributed by atoms with Crippen molar-refractivity contribution in [3.05, 3.63) is 52.5 Å². The molecule has 2 N–H and O–H groups in total. The molecule has 0 aromatic heterocycles. The highest BCUT2D eigenvalue weighted by Gasteiger charge is 2.14. The van der Waals surface area contributed by atoms with Crippen molar-refractivity contribution in [2.45, 2.75) is 0 Å². The number of piperazine rings is 1. The van der Waals surface area contributed by atoms with Gasteiger partial charge in [0.1, 0.15) is 0 Å². The molecule has 1 aliphatic rings. The number of carbonyl (C=O) groups is 1. The van der Waals surface area contributed by atoms with E-state index >= 15 is 0 Å². The molecule has 1 heterocycles. The lowest BCUT2D eigenvalue weighted by Gasteiger charge is -2.34. The van der Waals surface area contributed by atoms with Crippen molar-refractivity contribution < 1.29 is 4.79 Å². The number of nitrogens with one attached hydrogen (secondary N) is 2. The van der Waals surface area contributed by atoms with Crippen LogP contribution in [0, 0.1) is 0 Å². The first-order valence-corrected chi connectivity index (χ1v) is 9.30. The molecule has 5 nitrogen and oxygen atoms in total. The average Bonchev–Trinajstić information content (AvgIpc) is 2.63. The summed E-state index contributed by atoms with van der Waals surface area (Å²) in [6.45, 7) is 4.25. The van der Waals surface area contributed by atoms with Crippen molar-refractivity contribution in [3.63, 3.8) is 0 Å². The quantitative estimate of drug-likeness (QED) is 0.812. The smallest absolute Gasteiger partial charge is 0.243 e. The van der Waals surface area contributed by atoms with Gasteiger partial charge in [-0.1, -0.05) is 29.3 Å². The summed E-state index contributed by atoms with van der Waals surface area (Å²) < 4.78 is 0. The first-order valence-electron chi connectivity index (χ1n) is 8.54. The molecule has 7 heteroatoms. The average molecular weight is 393 g/mol. The number of hydrogen-bond acceptors (Lipinski definition) is 4. The Morgan fingerprint density at radius 3 is 2.23 bits per heavy atom. The number of benzene rings is 2. The Hall–Kier alpha value is -1.95. The number of likely N-dealkylation sites (N-methyl/N-ethyl adjacent to an activating group) is 1. The number of anilines is 3. The van der Waals surface area contributed by atoms with Crippen LogP contribution in [0.5, 0.6) is 0 Å². The van der Waals surface area contributed by atoms with Crippen molar-refractivity contribution in [2.24, 2.45) is 0 Å². The van der Waals surface area contributed by atoms with E-state index in [2.05, 4.69) is 27.5 Å². The summed E-state index contributed by atoms with van der Waals surface area (Å²) in [4.78, 5) is 16.8. The van der Waals surface area contributed by atoms with Gasteiger partial charge < -0.3 is 20.4 Å². The molecule has 0 radical (unpaired) electrons. The van der Waals surface area contributed by atoms with Gasteiger partial charge in [-0.05, 0) is 43.4 Å². The Labute approximate surface area is 163 Å². The van der Waals surface area contributed by atoms with E-state index in [1.807, 2.05) is 24.3 Å². The van der Waals surface area contributed by atoms with Crippen molar-refractivity contribution in [2.75, 3.05) is 55.3 Å². The lowest BCUT2D eigenvalue weighted by atomic mass is 10.2. The summed E-state index contributed by atoms with van der Waals surface area (Å²) in [5.41, 5.74) is 2.51. The van der Waals surface area contributed by atoms with E-state index in [1.165, 1.54) is 5.69 Å². The van der Waals surface area contributed by atoms with Gasteiger partial charge in [-0.15, -0.1) is 0 Å². The summed E-state index contributed by atoms with van der Waals surface area (Å²) in [5.74, 6) is -0.159. The summed E-state index contributed by atoms with van der Waals surface area (Å²) in [6.07, 6.45) is 0. The Morgan fingerprint density at radius 1 is 1.00 bits per heavy atom. The van der Waals surface area contributed by atoms with Gasteiger partial charge in [0.25, 0.3) is 0 Å². The predicted octanol–water partition coefficient (Wildman–Crippen LogP) is 3.80. The molecule has 1 aliphatic heterocycles. The molecule has 138 valence electrons. The largest absolute Gasteiger partial charge is 0.374 e. The zero-order chi connectivity index (χ0) is 18.5. The molecule has 0 unspecified atom stereocenters. The Kier molecular flexibility index (Phi) is 6.25. The van der Waals surface area contributed by atoms with Gasteiger partial charge in [0, 0.05) is 37.6 Å². The molecule has 1 amide bonds. The Morgan fingerprint density at radius 2 is 1.62 bits per heavy atom.